The number of thiophene rings is 1. The summed E-state index contributed by atoms with van der Waals surface area (Å²) in [5.41, 5.74) is 2.62. The van der Waals surface area contributed by atoms with Gasteiger partial charge in [-0.05, 0) is 78.2 Å². The molecule has 35 heavy (non-hydrogen) atoms. The molecule has 0 saturated heterocycles. The number of non-ortho nitro benzene ring substituents is 1. The molecule has 2 heterocycles. The monoisotopic (exact) mass is 555 g/mol. The molecule has 0 unspecified atom stereocenters. The lowest BCUT2D eigenvalue weighted by molar-refractivity contribution is -0.384. The fourth-order valence-electron chi connectivity index (χ4n) is 4.89. The smallest absolute Gasteiger partial charge is 0.270 e. The van der Waals surface area contributed by atoms with Gasteiger partial charge in [-0.15, -0.1) is 11.3 Å². The Labute approximate surface area is 215 Å². The van der Waals surface area contributed by atoms with Crippen LogP contribution in [0.4, 0.5) is 10.7 Å². The molecule has 9 heteroatoms. The molecule has 2 aliphatic carbocycles. The lowest BCUT2D eigenvalue weighted by Crippen LogP contribution is -2.36. The number of aryl methyl sites for hydroxylation is 1. The molecule has 1 amide bonds. The van der Waals surface area contributed by atoms with E-state index in [0.29, 0.717) is 16.0 Å². The molecule has 182 valence electrons. The standard InChI is InChI=1S/C26H26BrN3O4S/c27-21-14-17(30(32)33)10-12-19(21)22-13-11-18(34-22)15-28-26-24(20-8-4-5-9-23(20)35-26)25(31)29-16-6-2-1-3-7-16/h10-16H,1-9H2,(H,29,31)/b28-15-. The van der Waals surface area contributed by atoms with Crippen molar-refractivity contribution in [3.63, 3.8) is 0 Å². The number of nitrogens with one attached hydrogen (secondary N) is 1. The van der Waals surface area contributed by atoms with Crippen LogP contribution < -0.4 is 5.32 Å². The highest BCUT2D eigenvalue weighted by atomic mass is 79.9. The van der Waals surface area contributed by atoms with Crippen molar-refractivity contribution in [1.82, 2.24) is 5.32 Å². The second-order valence-electron chi connectivity index (χ2n) is 9.08. The van der Waals surface area contributed by atoms with E-state index < -0.39 is 4.92 Å². The molecule has 7 nitrogen and oxygen atoms in total. The largest absolute Gasteiger partial charge is 0.455 e. The van der Waals surface area contributed by atoms with Gasteiger partial charge in [-0.3, -0.25) is 14.9 Å². The summed E-state index contributed by atoms with van der Waals surface area (Å²) in [4.78, 5) is 29.9. The van der Waals surface area contributed by atoms with Crippen molar-refractivity contribution in [2.75, 3.05) is 0 Å². The molecule has 5 rings (SSSR count). The number of benzene rings is 1. The molecular formula is C26H26BrN3O4S. The number of furan rings is 1. The van der Waals surface area contributed by atoms with Crippen molar-refractivity contribution in [2.45, 2.75) is 63.8 Å². The summed E-state index contributed by atoms with van der Waals surface area (Å²) in [6.07, 6.45) is 11.5. The predicted octanol–water partition coefficient (Wildman–Crippen LogP) is 7.37. The molecule has 1 aromatic carbocycles. The summed E-state index contributed by atoms with van der Waals surface area (Å²) >= 11 is 5.00. The van der Waals surface area contributed by atoms with Crippen molar-refractivity contribution < 1.29 is 14.1 Å². The van der Waals surface area contributed by atoms with Crippen LogP contribution in [0.25, 0.3) is 11.3 Å². The zero-order valence-corrected chi connectivity index (χ0v) is 21.6. The van der Waals surface area contributed by atoms with Gasteiger partial charge in [0.1, 0.15) is 16.5 Å². The first-order valence-electron chi connectivity index (χ1n) is 12.0. The van der Waals surface area contributed by atoms with E-state index in [0.717, 1.165) is 60.2 Å². The summed E-state index contributed by atoms with van der Waals surface area (Å²) in [5, 5.41) is 15.0. The Balaban J connectivity index is 1.39. The van der Waals surface area contributed by atoms with E-state index in [2.05, 4.69) is 21.2 Å². The number of fused-ring (bicyclic) bond motifs is 1. The van der Waals surface area contributed by atoms with Gasteiger partial charge in [-0.2, -0.15) is 0 Å². The van der Waals surface area contributed by atoms with Crippen LogP contribution in [0.5, 0.6) is 0 Å². The van der Waals surface area contributed by atoms with Crippen LogP contribution in [0.15, 0.2) is 44.2 Å². The van der Waals surface area contributed by atoms with E-state index >= 15 is 0 Å². The molecule has 1 fully saturated rings. The number of rotatable bonds is 6. The molecule has 0 spiro atoms. The van der Waals surface area contributed by atoms with Gasteiger partial charge >= 0.3 is 0 Å². The second-order valence-corrected chi connectivity index (χ2v) is 11.0. The minimum absolute atomic E-state index is 0.00149. The number of nitrogens with zero attached hydrogens (tertiary/aromatic N) is 2. The molecular weight excluding hydrogens is 530 g/mol. The Kier molecular flexibility index (Phi) is 7.15. The lowest BCUT2D eigenvalue weighted by Gasteiger charge is -2.23. The molecule has 0 atom stereocenters. The van der Waals surface area contributed by atoms with Gasteiger partial charge < -0.3 is 9.73 Å². The molecule has 0 radical (unpaired) electrons. The van der Waals surface area contributed by atoms with Crippen LogP contribution in [0.2, 0.25) is 0 Å². The van der Waals surface area contributed by atoms with Gasteiger partial charge in [0.2, 0.25) is 0 Å². The number of amides is 1. The molecule has 1 saturated carbocycles. The Morgan fingerprint density at radius 1 is 1.14 bits per heavy atom. The molecule has 0 aliphatic heterocycles. The van der Waals surface area contributed by atoms with Gasteiger partial charge in [0.05, 0.1) is 16.7 Å². The summed E-state index contributed by atoms with van der Waals surface area (Å²) in [7, 11) is 0. The fraction of sp³-hybridized carbons (Fsp3) is 0.385. The highest BCUT2D eigenvalue weighted by Gasteiger charge is 2.27. The highest BCUT2D eigenvalue weighted by molar-refractivity contribution is 9.10. The first-order chi connectivity index (χ1) is 17.0. The molecule has 3 aromatic rings. The Hall–Kier alpha value is -2.78. The fourth-order valence-corrected chi connectivity index (χ4v) is 6.68. The topological polar surface area (TPSA) is 97.7 Å². The number of halogens is 1. The molecule has 1 N–H and O–H groups in total. The van der Waals surface area contributed by atoms with Crippen LogP contribution >= 0.6 is 27.3 Å². The van der Waals surface area contributed by atoms with Gasteiger partial charge in [0.15, 0.2) is 0 Å². The van der Waals surface area contributed by atoms with Crippen LogP contribution in [-0.2, 0) is 12.8 Å². The maximum absolute atomic E-state index is 13.3. The van der Waals surface area contributed by atoms with Crippen molar-refractivity contribution in [3.05, 3.63) is 66.7 Å². The molecule has 0 bridgehead atoms. The summed E-state index contributed by atoms with van der Waals surface area (Å²) in [5.74, 6) is 1.13. The Morgan fingerprint density at radius 3 is 2.71 bits per heavy atom. The number of carbonyl (C=O) groups is 1. The SMILES string of the molecule is O=C(NC1CCCCC1)c1c(/N=C\c2ccc(-c3ccc([N+](=O)[O-])cc3Br)o2)sc2c1CCCC2. The number of aliphatic imine (C=N–C) groups is 1. The Bertz CT molecular complexity index is 1290. The van der Waals surface area contributed by atoms with Crippen molar-refractivity contribution in [1.29, 1.82) is 0 Å². The van der Waals surface area contributed by atoms with E-state index in [-0.39, 0.29) is 17.6 Å². The van der Waals surface area contributed by atoms with Gasteiger partial charge in [0, 0.05) is 33.1 Å². The number of nitro groups is 1. The lowest BCUT2D eigenvalue weighted by atomic mass is 9.93. The Morgan fingerprint density at radius 2 is 1.94 bits per heavy atom. The third-order valence-corrected chi connectivity index (χ3v) is 8.54. The van der Waals surface area contributed by atoms with Crippen LogP contribution in [0.1, 0.15) is 71.5 Å². The van der Waals surface area contributed by atoms with Gasteiger partial charge in [0.25, 0.3) is 11.6 Å². The maximum Gasteiger partial charge on any atom is 0.270 e. The number of hydrogen-bond donors (Lipinski definition) is 1. The van der Waals surface area contributed by atoms with E-state index in [1.54, 1.807) is 23.6 Å². The second kappa shape index (κ2) is 10.5. The average Bonchev–Trinajstić information content (AvgIpc) is 3.47. The van der Waals surface area contributed by atoms with E-state index in [4.69, 9.17) is 9.41 Å². The minimum Gasteiger partial charge on any atom is -0.455 e. The number of hydrogen-bond acceptors (Lipinski definition) is 6. The summed E-state index contributed by atoms with van der Waals surface area (Å²) < 4.78 is 6.53. The summed E-state index contributed by atoms with van der Waals surface area (Å²) in [6, 6.07) is 8.43. The van der Waals surface area contributed by atoms with Gasteiger partial charge in [-0.1, -0.05) is 19.3 Å². The minimum atomic E-state index is -0.433. The van der Waals surface area contributed by atoms with Crippen molar-refractivity contribution >= 4 is 50.1 Å². The van der Waals surface area contributed by atoms with E-state index in [9.17, 15) is 14.9 Å². The van der Waals surface area contributed by atoms with Crippen LogP contribution in [-0.4, -0.2) is 23.1 Å². The zero-order valence-electron chi connectivity index (χ0n) is 19.2. The average molecular weight is 556 g/mol. The van der Waals surface area contributed by atoms with Crippen LogP contribution in [0, 0.1) is 10.1 Å². The molecule has 2 aliphatic rings. The van der Waals surface area contributed by atoms with Gasteiger partial charge in [-0.25, -0.2) is 4.99 Å². The third kappa shape index (κ3) is 5.26. The normalized spacial score (nSPS) is 16.4. The quantitative estimate of drug-likeness (QED) is 0.195. The maximum atomic E-state index is 13.3. The van der Waals surface area contributed by atoms with Crippen LogP contribution in [0.3, 0.4) is 0 Å². The first kappa shape index (κ1) is 23.9. The predicted molar refractivity (Wildman–Crippen MR) is 141 cm³/mol. The first-order valence-corrected chi connectivity index (χ1v) is 13.6. The third-order valence-electron chi connectivity index (χ3n) is 6.68. The van der Waals surface area contributed by atoms with Crippen molar-refractivity contribution in [3.8, 4) is 11.3 Å². The number of nitro benzene ring substituents is 1. The van der Waals surface area contributed by atoms with E-state index in [1.165, 1.54) is 36.3 Å². The number of carbonyl (C=O) groups excluding carboxylic acids is 1. The highest BCUT2D eigenvalue weighted by Crippen LogP contribution is 2.40. The zero-order chi connectivity index (χ0) is 24.4. The van der Waals surface area contributed by atoms with Crippen molar-refractivity contribution in [2.24, 2.45) is 4.99 Å². The van der Waals surface area contributed by atoms with E-state index in [1.807, 2.05) is 12.1 Å². The molecule has 2 aromatic heterocycles. The summed E-state index contributed by atoms with van der Waals surface area (Å²) in [6.45, 7) is 0.